The predicted octanol–water partition coefficient (Wildman–Crippen LogP) is 4.50. The number of benzene rings is 1. The first-order valence-electron chi connectivity index (χ1n) is 5.94. The summed E-state index contributed by atoms with van der Waals surface area (Å²) in [5.41, 5.74) is 2.55. The third-order valence-electron chi connectivity index (χ3n) is 2.86. The number of hydrogen-bond acceptors (Lipinski definition) is 2. The van der Waals surface area contributed by atoms with Crippen LogP contribution in [-0.2, 0) is 6.54 Å². The van der Waals surface area contributed by atoms with Crippen LogP contribution in [0.2, 0.25) is 5.02 Å². The molecule has 1 aromatic carbocycles. The van der Waals surface area contributed by atoms with Gasteiger partial charge in [-0.3, -0.25) is 0 Å². The van der Waals surface area contributed by atoms with Gasteiger partial charge in [-0.2, -0.15) is 0 Å². The third-order valence-corrected chi connectivity index (χ3v) is 3.69. The van der Waals surface area contributed by atoms with Gasteiger partial charge in [0, 0.05) is 18.1 Å². The van der Waals surface area contributed by atoms with Crippen LogP contribution in [0.3, 0.4) is 0 Å². The predicted molar refractivity (Wildman–Crippen MR) is 81.6 cm³/mol. The van der Waals surface area contributed by atoms with Gasteiger partial charge in [0.15, 0.2) is 0 Å². The number of aromatic nitrogens is 2. The summed E-state index contributed by atoms with van der Waals surface area (Å²) in [7, 11) is 0. The second kappa shape index (κ2) is 5.42. The summed E-state index contributed by atoms with van der Waals surface area (Å²) < 4.78 is 15.4. The molecule has 0 atom stereocenters. The van der Waals surface area contributed by atoms with Crippen molar-refractivity contribution in [3.63, 3.8) is 0 Å². The van der Waals surface area contributed by atoms with Crippen molar-refractivity contribution in [1.29, 1.82) is 0 Å². The van der Waals surface area contributed by atoms with Gasteiger partial charge < -0.3 is 9.72 Å². The highest BCUT2D eigenvalue weighted by Crippen LogP contribution is 2.20. The number of pyridine rings is 1. The largest absolute Gasteiger partial charge is 0.379 e. The Labute approximate surface area is 128 Å². The summed E-state index contributed by atoms with van der Waals surface area (Å²) >= 11 is 9.09. The Morgan fingerprint density at radius 1 is 1.25 bits per heavy atom. The molecule has 102 valence electrons. The van der Waals surface area contributed by atoms with Crippen molar-refractivity contribution < 1.29 is 4.39 Å². The van der Waals surface area contributed by atoms with Gasteiger partial charge in [0.2, 0.25) is 0 Å². The Balaban J connectivity index is 1.77. The molecule has 6 heteroatoms. The van der Waals surface area contributed by atoms with E-state index in [-0.39, 0.29) is 5.82 Å². The SMILES string of the molecule is Fc1ccc(NCc2cn3cc(Cl)ccc3n2)cc1Br. The lowest BCUT2D eigenvalue weighted by Crippen LogP contribution is -1.99. The highest BCUT2D eigenvalue weighted by molar-refractivity contribution is 9.10. The molecule has 0 aliphatic rings. The fourth-order valence-corrected chi connectivity index (χ4v) is 2.45. The van der Waals surface area contributed by atoms with Crippen LogP contribution in [-0.4, -0.2) is 9.38 Å². The van der Waals surface area contributed by atoms with E-state index in [0.29, 0.717) is 16.0 Å². The van der Waals surface area contributed by atoms with E-state index in [1.54, 1.807) is 18.2 Å². The molecule has 0 spiro atoms. The standard InChI is InChI=1S/C14H10BrClFN3/c15-12-5-10(2-3-13(12)17)18-6-11-8-20-7-9(16)1-4-14(20)19-11/h1-5,7-8,18H,6H2. The summed E-state index contributed by atoms with van der Waals surface area (Å²) in [5, 5.41) is 3.86. The summed E-state index contributed by atoms with van der Waals surface area (Å²) in [6.45, 7) is 0.553. The van der Waals surface area contributed by atoms with Gasteiger partial charge in [-0.15, -0.1) is 0 Å². The van der Waals surface area contributed by atoms with Crippen LogP contribution in [0.1, 0.15) is 5.69 Å². The zero-order chi connectivity index (χ0) is 14.1. The fraction of sp³-hybridized carbons (Fsp3) is 0.0714. The van der Waals surface area contributed by atoms with E-state index in [0.717, 1.165) is 17.0 Å². The molecule has 0 aliphatic carbocycles. The molecule has 3 rings (SSSR count). The molecule has 0 unspecified atom stereocenters. The molecule has 0 fully saturated rings. The van der Waals surface area contributed by atoms with Gasteiger partial charge in [-0.1, -0.05) is 11.6 Å². The second-order valence-corrected chi connectivity index (χ2v) is 5.62. The zero-order valence-electron chi connectivity index (χ0n) is 10.3. The van der Waals surface area contributed by atoms with E-state index in [2.05, 4.69) is 26.2 Å². The molecule has 2 heterocycles. The molecule has 0 bridgehead atoms. The van der Waals surface area contributed by atoms with Crippen LogP contribution < -0.4 is 5.32 Å². The van der Waals surface area contributed by atoms with E-state index < -0.39 is 0 Å². The molecular weight excluding hydrogens is 345 g/mol. The van der Waals surface area contributed by atoms with Gasteiger partial charge in [-0.05, 0) is 46.3 Å². The van der Waals surface area contributed by atoms with Crippen LogP contribution in [0.5, 0.6) is 0 Å². The van der Waals surface area contributed by atoms with Gasteiger partial charge in [0.05, 0.1) is 21.7 Å². The van der Waals surface area contributed by atoms with Crippen LogP contribution >= 0.6 is 27.5 Å². The van der Waals surface area contributed by atoms with Gasteiger partial charge >= 0.3 is 0 Å². The molecule has 3 nitrogen and oxygen atoms in total. The van der Waals surface area contributed by atoms with E-state index in [1.165, 1.54) is 6.07 Å². The lowest BCUT2D eigenvalue weighted by Gasteiger charge is -2.05. The maximum Gasteiger partial charge on any atom is 0.137 e. The quantitative estimate of drug-likeness (QED) is 0.750. The number of imidazole rings is 1. The Kier molecular flexibility index (Phi) is 3.63. The van der Waals surface area contributed by atoms with Crippen molar-refractivity contribution in [3.05, 3.63) is 63.7 Å². The molecule has 0 radical (unpaired) electrons. The molecule has 2 aromatic heterocycles. The first-order valence-corrected chi connectivity index (χ1v) is 7.11. The monoisotopic (exact) mass is 353 g/mol. The Bertz CT molecular complexity index is 772. The molecule has 0 aliphatic heterocycles. The summed E-state index contributed by atoms with van der Waals surface area (Å²) in [4.78, 5) is 4.46. The normalized spacial score (nSPS) is 10.9. The van der Waals surface area contributed by atoms with Gasteiger partial charge in [0.25, 0.3) is 0 Å². The number of nitrogens with zero attached hydrogens (tertiary/aromatic N) is 2. The fourth-order valence-electron chi connectivity index (χ4n) is 1.90. The average molecular weight is 355 g/mol. The Morgan fingerprint density at radius 3 is 2.90 bits per heavy atom. The van der Waals surface area contributed by atoms with E-state index >= 15 is 0 Å². The van der Waals surface area contributed by atoms with E-state index in [4.69, 9.17) is 11.6 Å². The maximum absolute atomic E-state index is 13.1. The Morgan fingerprint density at radius 2 is 2.10 bits per heavy atom. The average Bonchev–Trinajstić information content (AvgIpc) is 2.82. The van der Waals surface area contributed by atoms with Crippen LogP contribution in [0, 0.1) is 5.82 Å². The first-order chi connectivity index (χ1) is 9.61. The molecule has 0 saturated heterocycles. The van der Waals surface area contributed by atoms with Crippen molar-refractivity contribution >= 4 is 38.9 Å². The van der Waals surface area contributed by atoms with Crippen LogP contribution in [0.15, 0.2) is 47.2 Å². The van der Waals surface area contributed by atoms with E-state index in [9.17, 15) is 4.39 Å². The molecule has 0 amide bonds. The number of hydrogen-bond donors (Lipinski definition) is 1. The van der Waals surface area contributed by atoms with Crippen molar-refractivity contribution in [2.75, 3.05) is 5.32 Å². The lowest BCUT2D eigenvalue weighted by molar-refractivity contribution is 0.621. The zero-order valence-corrected chi connectivity index (χ0v) is 12.6. The molecular formula is C14H10BrClFN3. The first kappa shape index (κ1) is 13.4. The summed E-state index contributed by atoms with van der Waals surface area (Å²) in [6.07, 6.45) is 3.72. The number of rotatable bonds is 3. The van der Waals surface area contributed by atoms with Crippen LogP contribution in [0.4, 0.5) is 10.1 Å². The van der Waals surface area contributed by atoms with Crippen molar-refractivity contribution in [2.45, 2.75) is 6.54 Å². The summed E-state index contributed by atoms with van der Waals surface area (Å²) in [6, 6.07) is 8.46. The van der Waals surface area contributed by atoms with Crippen LogP contribution in [0.25, 0.3) is 5.65 Å². The molecule has 3 aromatic rings. The number of anilines is 1. The maximum atomic E-state index is 13.1. The lowest BCUT2D eigenvalue weighted by atomic mass is 10.3. The van der Waals surface area contributed by atoms with Gasteiger partial charge in [0.1, 0.15) is 11.5 Å². The molecule has 20 heavy (non-hydrogen) atoms. The third kappa shape index (κ3) is 2.78. The number of nitrogens with one attached hydrogen (secondary N) is 1. The molecule has 1 N–H and O–H groups in total. The van der Waals surface area contributed by atoms with Crippen molar-refractivity contribution in [3.8, 4) is 0 Å². The smallest absolute Gasteiger partial charge is 0.137 e. The van der Waals surface area contributed by atoms with Gasteiger partial charge in [-0.25, -0.2) is 9.37 Å². The van der Waals surface area contributed by atoms with Crippen molar-refractivity contribution in [1.82, 2.24) is 9.38 Å². The Hall–Kier alpha value is -1.59. The highest BCUT2D eigenvalue weighted by atomic mass is 79.9. The number of fused-ring (bicyclic) bond motifs is 1. The molecule has 0 saturated carbocycles. The second-order valence-electron chi connectivity index (χ2n) is 4.33. The van der Waals surface area contributed by atoms with E-state index in [1.807, 2.05) is 22.9 Å². The minimum Gasteiger partial charge on any atom is -0.379 e. The van der Waals surface area contributed by atoms with Crippen molar-refractivity contribution in [2.24, 2.45) is 0 Å². The highest BCUT2D eigenvalue weighted by Gasteiger charge is 2.04. The topological polar surface area (TPSA) is 29.3 Å². The minimum atomic E-state index is -0.280. The summed E-state index contributed by atoms with van der Waals surface area (Å²) in [5.74, 6) is -0.280. The number of halogens is 3. The minimum absolute atomic E-state index is 0.280.